The summed E-state index contributed by atoms with van der Waals surface area (Å²) in [7, 11) is 0. The van der Waals surface area contributed by atoms with E-state index in [9.17, 15) is 0 Å². The van der Waals surface area contributed by atoms with E-state index in [-0.39, 0.29) is 5.41 Å². The molecule has 2 unspecified atom stereocenters. The maximum Gasteiger partial charge on any atom is 0.0135 e. The number of rotatable bonds is 0. The van der Waals surface area contributed by atoms with Crippen molar-refractivity contribution in [2.75, 3.05) is 0 Å². The summed E-state index contributed by atoms with van der Waals surface area (Å²) in [6, 6.07) is 0. The van der Waals surface area contributed by atoms with Gasteiger partial charge in [0.15, 0.2) is 0 Å². The SMILES string of the molecule is CC1(C)C2=CC(Br)=CCC2C2CC=C(Br)C=C21. The lowest BCUT2D eigenvalue weighted by atomic mass is 9.79. The van der Waals surface area contributed by atoms with Crippen molar-refractivity contribution in [3.63, 3.8) is 0 Å². The molecule has 3 rings (SSSR count). The van der Waals surface area contributed by atoms with Gasteiger partial charge in [-0.1, -0.05) is 69.0 Å². The molecule has 3 aliphatic rings. The van der Waals surface area contributed by atoms with Crippen LogP contribution in [0.1, 0.15) is 26.7 Å². The van der Waals surface area contributed by atoms with E-state index in [4.69, 9.17) is 0 Å². The summed E-state index contributed by atoms with van der Waals surface area (Å²) in [5.41, 5.74) is 3.44. The average Bonchev–Trinajstić information content (AvgIpc) is 2.49. The molecule has 0 bridgehead atoms. The number of hydrogen-bond acceptors (Lipinski definition) is 0. The lowest BCUT2D eigenvalue weighted by molar-refractivity contribution is 0.477. The van der Waals surface area contributed by atoms with Crippen LogP contribution in [-0.2, 0) is 0 Å². The Hall–Kier alpha value is -0.0800. The van der Waals surface area contributed by atoms with Crippen LogP contribution in [0.3, 0.4) is 0 Å². The van der Waals surface area contributed by atoms with Crippen molar-refractivity contribution < 1.29 is 0 Å². The van der Waals surface area contributed by atoms with Gasteiger partial charge in [0.1, 0.15) is 0 Å². The zero-order valence-electron chi connectivity index (χ0n) is 10.1. The maximum absolute atomic E-state index is 3.63. The standard InChI is InChI=1S/C15H16Br2/c1-15(2)13-7-9(16)3-5-11(13)12-6-4-10(17)8-14(12)15/h3-4,7-8,11-12H,5-6H2,1-2H3. The Morgan fingerprint density at radius 2 is 1.35 bits per heavy atom. The molecule has 17 heavy (non-hydrogen) atoms. The number of halogens is 2. The average molecular weight is 356 g/mol. The van der Waals surface area contributed by atoms with Gasteiger partial charge in [-0.2, -0.15) is 0 Å². The van der Waals surface area contributed by atoms with Crippen molar-refractivity contribution >= 4 is 31.9 Å². The highest BCUT2D eigenvalue weighted by atomic mass is 79.9. The minimum absolute atomic E-state index is 0.218. The molecule has 0 aliphatic heterocycles. The lowest BCUT2D eigenvalue weighted by Crippen LogP contribution is -2.14. The van der Waals surface area contributed by atoms with Gasteiger partial charge in [-0.05, 0) is 36.8 Å². The molecule has 1 saturated carbocycles. The van der Waals surface area contributed by atoms with Gasteiger partial charge in [0, 0.05) is 14.4 Å². The molecular formula is C15H16Br2. The second kappa shape index (κ2) is 3.96. The van der Waals surface area contributed by atoms with E-state index in [2.05, 4.69) is 70.0 Å². The molecule has 3 aliphatic carbocycles. The van der Waals surface area contributed by atoms with E-state index < -0.39 is 0 Å². The zero-order chi connectivity index (χ0) is 12.2. The van der Waals surface area contributed by atoms with Crippen molar-refractivity contribution in [1.82, 2.24) is 0 Å². The highest BCUT2D eigenvalue weighted by molar-refractivity contribution is 9.12. The van der Waals surface area contributed by atoms with Crippen LogP contribution in [-0.4, -0.2) is 0 Å². The smallest absolute Gasteiger partial charge is 0.0135 e. The number of hydrogen-bond donors (Lipinski definition) is 0. The van der Waals surface area contributed by atoms with Crippen LogP contribution in [0.2, 0.25) is 0 Å². The summed E-state index contributed by atoms with van der Waals surface area (Å²) in [6.07, 6.45) is 11.7. The van der Waals surface area contributed by atoms with E-state index >= 15 is 0 Å². The fourth-order valence-electron chi connectivity index (χ4n) is 3.58. The minimum atomic E-state index is 0.218. The molecule has 0 aromatic carbocycles. The fourth-order valence-corrected chi connectivity index (χ4v) is 4.45. The Balaban J connectivity index is 2.11. The van der Waals surface area contributed by atoms with Crippen molar-refractivity contribution in [2.45, 2.75) is 26.7 Å². The predicted octanol–water partition coefficient (Wildman–Crippen LogP) is 5.48. The van der Waals surface area contributed by atoms with Gasteiger partial charge in [-0.25, -0.2) is 0 Å². The molecule has 2 atom stereocenters. The first-order valence-corrected chi connectivity index (χ1v) is 7.74. The zero-order valence-corrected chi connectivity index (χ0v) is 13.3. The summed E-state index contributed by atoms with van der Waals surface area (Å²) in [5.74, 6) is 1.43. The van der Waals surface area contributed by atoms with E-state index in [1.54, 1.807) is 11.1 Å². The Bertz CT molecular complexity index is 445. The molecule has 0 N–H and O–H groups in total. The monoisotopic (exact) mass is 354 g/mol. The summed E-state index contributed by atoms with van der Waals surface area (Å²) in [6.45, 7) is 4.74. The van der Waals surface area contributed by atoms with E-state index in [0.717, 1.165) is 11.8 Å². The normalized spacial score (nSPS) is 34.1. The minimum Gasteiger partial charge on any atom is -0.0696 e. The third kappa shape index (κ3) is 1.76. The van der Waals surface area contributed by atoms with Crippen molar-refractivity contribution in [3.8, 4) is 0 Å². The van der Waals surface area contributed by atoms with Gasteiger partial charge in [-0.3, -0.25) is 0 Å². The second-order valence-corrected chi connectivity index (χ2v) is 7.52. The predicted molar refractivity (Wildman–Crippen MR) is 80.2 cm³/mol. The van der Waals surface area contributed by atoms with Crippen LogP contribution < -0.4 is 0 Å². The Morgan fingerprint density at radius 1 is 0.941 bits per heavy atom. The van der Waals surface area contributed by atoms with E-state index in [0.29, 0.717) is 0 Å². The first-order chi connectivity index (χ1) is 8.00. The van der Waals surface area contributed by atoms with Gasteiger partial charge < -0.3 is 0 Å². The van der Waals surface area contributed by atoms with E-state index in [1.807, 2.05) is 0 Å². The summed E-state index contributed by atoms with van der Waals surface area (Å²) >= 11 is 7.26. The molecule has 0 amide bonds. The third-order valence-corrected chi connectivity index (χ3v) is 5.55. The molecule has 0 heterocycles. The van der Waals surface area contributed by atoms with Crippen molar-refractivity contribution in [1.29, 1.82) is 0 Å². The van der Waals surface area contributed by atoms with E-state index in [1.165, 1.54) is 21.8 Å². The topological polar surface area (TPSA) is 0 Å². The molecule has 90 valence electrons. The van der Waals surface area contributed by atoms with Gasteiger partial charge in [0.05, 0.1) is 0 Å². The molecule has 0 aromatic rings. The van der Waals surface area contributed by atoms with Crippen LogP contribution in [0.25, 0.3) is 0 Å². The van der Waals surface area contributed by atoms with Crippen LogP contribution in [0, 0.1) is 17.3 Å². The van der Waals surface area contributed by atoms with Crippen LogP contribution in [0.4, 0.5) is 0 Å². The molecule has 0 spiro atoms. The van der Waals surface area contributed by atoms with Crippen molar-refractivity contribution in [2.24, 2.45) is 17.3 Å². The van der Waals surface area contributed by atoms with Crippen LogP contribution in [0.5, 0.6) is 0 Å². The van der Waals surface area contributed by atoms with Crippen LogP contribution >= 0.6 is 31.9 Å². The quantitative estimate of drug-likeness (QED) is 0.540. The van der Waals surface area contributed by atoms with Crippen molar-refractivity contribution in [3.05, 3.63) is 44.4 Å². The van der Waals surface area contributed by atoms with Gasteiger partial charge in [0.25, 0.3) is 0 Å². The highest BCUT2D eigenvalue weighted by Crippen LogP contribution is 2.59. The first-order valence-electron chi connectivity index (χ1n) is 6.15. The number of allylic oxidation sites excluding steroid dienone is 8. The first kappa shape index (κ1) is 12.0. The largest absolute Gasteiger partial charge is 0.0696 e. The molecule has 0 radical (unpaired) electrons. The molecule has 0 nitrogen and oxygen atoms in total. The summed E-state index contributed by atoms with van der Waals surface area (Å²) in [5, 5.41) is 0. The summed E-state index contributed by atoms with van der Waals surface area (Å²) in [4.78, 5) is 0. The van der Waals surface area contributed by atoms with Gasteiger partial charge >= 0.3 is 0 Å². The maximum atomic E-state index is 3.63. The van der Waals surface area contributed by atoms with Crippen LogP contribution in [0.15, 0.2) is 44.4 Å². The third-order valence-electron chi connectivity index (χ3n) is 4.45. The Kier molecular flexibility index (Phi) is 2.79. The second-order valence-electron chi connectivity index (χ2n) is 5.69. The van der Waals surface area contributed by atoms with Gasteiger partial charge in [-0.15, -0.1) is 0 Å². The molecule has 2 heteroatoms. The fraction of sp³-hybridized carbons (Fsp3) is 0.467. The Labute approximate surface area is 120 Å². The molecule has 0 saturated heterocycles. The molecular weight excluding hydrogens is 340 g/mol. The number of fused-ring (bicyclic) bond motifs is 3. The molecule has 0 aromatic heterocycles. The van der Waals surface area contributed by atoms with Gasteiger partial charge in [0.2, 0.25) is 0 Å². The summed E-state index contributed by atoms with van der Waals surface area (Å²) < 4.78 is 2.51. The lowest BCUT2D eigenvalue weighted by Gasteiger charge is -2.26. The highest BCUT2D eigenvalue weighted by Gasteiger charge is 2.48. The Morgan fingerprint density at radius 3 is 1.76 bits per heavy atom. The molecule has 1 fully saturated rings.